The average molecular weight is 2000 g/mol. The molecule has 0 heterocycles. The van der Waals surface area contributed by atoms with Gasteiger partial charge in [-0.2, -0.15) is 0 Å². The zero-order valence-corrected chi connectivity index (χ0v) is 88.7. The molecule has 10 rings (SSSR count). The van der Waals surface area contributed by atoms with Gasteiger partial charge in [0, 0.05) is 5.41 Å². The SMILES string of the molecule is C.C.C.C.C.C.C.C.C.C.C.C.C.C.CCC(C)(C)C(=O)OC(C)(C)C1CCCCC1.CCC(C)(C)C(=O)OC(C)(C1CCCCC1)C1CCCCC1.CCC(C)(C)C(=O)OC1(C)CC2CCC1(C)C2(C)C.CCC(C)(C)C(=O)OC1(C)CC2CCC1C2.CCC(C)(C)C(=O)OC1(C)CCCCCC1.CCC(C)(C)C(=O)OC1(C)CCCCCCC1.CCC(C)(C)C(=O)OC1(C)CCCCCCCCC1. The fourth-order valence-corrected chi connectivity index (χ4v) is 21.1. The Labute approximate surface area is 879 Å². The minimum atomic E-state index is -0.370. The van der Waals surface area contributed by atoms with Gasteiger partial charge in [0.2, 0.25) is 0 Å². The van der Waals surface area contributed by atoms with E-state index in [-0.39, 0.29) is 234 Å². The first-order valence-corrected chi connectivity index (χ1v) is 52.9. The normalized spacial score (nSPS) is 23.6. The van der Waals surface area contributed by atoms with Crippen molar-refractivity contribution in [3.05, 3.63) is 0 Å². The van der Waals surface area contributed by atoms with E-state index in [1.165, 1.54) is 231 Å². The summed E-state index contributed by atoms with van der Waals surface area (Å²) in [6, 6.07) is 0. The molecule has 10 saturated carbocycles. The van der Waals surface area contributed by atoms with Crippen molar-refractivity contribution < 1.29 is 66.7 Å². The lowest BCUT2D eigenvalue weighted by Crippen LogP contribution is -2.49. The largest absolute Gasteiger partial charge is 0.459 e. The fraction of sp³-hybridized carbons (Fsp3) is 0.944. The lowest BCUT2D eigenvalue weighted by molar-refractivity contribution is -0.187. The van der Waals surface area contributed by atoms with Crippen LogP contribution < -0.4 is 0 Å². The van der Waals surface area contributed by atoms with Gasteiger partial charge in [-0.15, -0.1) is 0 Å². The maximum Gasteiger partial charge on any atom is 0.312 e. The zero-order chi connectivity index (χ0) is 95.5. The van der Waals surface area contributed by atoms with Crippen LogP contribution in [-0.2, 0) is 66.7 Å². The van der Waals surface area contributed by atoms with Crippen molar-refractivity contribution in [3.63, 3.8) is 0 Å². The third-order valence-corrected chi connectivity index (χ3v) is 35.6. The number of rotatable bonds is 24. The molecule has 0 N–H and O–H groups in total. The molecule has 140 heavy (non-hydrogen) atoms. The smallest absolute Gasteiger partial charge is 0.312 e. The molecule has 0 amide bonds. The van der Waals surface area contributed by atoms with Crippen molar-refractivity contribution in [1.82, 2.24) is 0 Å². The van der Waals surface area contributed by atoms with Gasteiger partial charge in [0.25, 0.3) is 0 Å². The van der Waals surface area contributed by atoms with E-state index in [0.29, 0.717) is 29.6 Å². The van der Waals surface area contributed by atoms with E-state index in [1.807, 2.05) is 125 Å². The van der Waals surface area contributed by atoms with Crippen LogP contribution in [0.5, 0.6) is 0 Å². The molecular weight excluding hydrogens is 1740 g/mol. The first-order chi connectivity index (χ1) is 58.3. The van der Waals surface area contributed by atoms with Gasteiger partial charge in [0.1, 0.15) is 39.2 Å². The van der Waals surface area contributed by atoms with E-state index < -0.39 is 0 Å². The summed E-state index contributed by atoms with van der Waals surface area (Å²) < 4.78 is 41.6. The van der Waals surface area contributed by atoms with Crippen LogP contribution in [-0.4, -0.2) is 81.0 Å². The second kappa shape index (κ2) is 68.1. The molecule has 848 valence electrons. The summed E-state index contributed by atoms with van der Waals surface area (Å²) in [5.41, 5.74) is -3.69. The molecule has 0 aromatic rings. The predicted octanol–water partition coefficient (Wildman–Crippen LogP) is 41.0. The standard InChI is InChI=1S/C20H36O2.C17H30O2.C17H32O2.2C15H28O2.C14H24O2.C14H26O2.14CH4/c1-5-19(2,3)18(21)22-20(4,16-12-8-6-9-13-16)17-14-10-7-11-15-17;1-8-14(2,3)13(18)19-17(7)11-12-9-10-16(17,6)15(12,4)5;1-5-16(2,3)15(18)19-17(4)13-11-9-7-6-8-10-12-14-17;1-6-14(2,3)13(16)17-15(4,5)12-10-8-7-9-11-12;1-5-14(2,3)13(16)17-15(4)11-9-7-6-8-10-12-15;1-5-13(2,3)12(15)16-14(4)9-10-6-7-11(14)8-10;1-5-13(2,3)12(15)16-14(4)10-8-6-7-9-11-14;;;;;;;;;;;;;;/h16-17H,5-15H2,1-4H3;12H,8-11H2,1-7H3;5-14H2,1-4H3;12H,6-11H2,1-5H3;5-12H2,1-4H3;10-11H,5-9H2,1-4H3;5-11H2,1-4H3;14*1H4. The summed E-state index contributed by atoms with van der Waals surface area (Å²) in [5, 5.41) is 0. The van der Waals surface area contributed by atoms with Crippen LogP contribution in [0.15, 0.2) is 0 Å². The minimum Gasteiger partial charge on any atom is -0.459 e. The number of hydrogen-bond acceptors (Lipinski definition) is 14. The van der Waals surface area contributed by atoms with Gasteiger partial charge in [0.05, 0.1) is 37.9 Å². The van der Waals surface area contributed by atoms with Crippen molar-refractivity contribution >= 4 is 41.8 Å². The quantitative estimate of drug-likeness (QED) is 0.0505. The molecule has 0 aromatic heterocycles. The first-order valence-electron chi connectivity index (χ1n) is 52.9. The van der Waals surface area contributed by atoms with Crippen molar-refractivity contribution in [2.24, 2.45) is 84.2 Å². The molecule has 4 bridgehead atoms. The number of carbonyl (C=O) groups excluding carboxylic acids is 7. The highest BCUT2D eigenvalue weighted by molar-refractivity contribution is 5.79. The second-order valence-corrected chi connectivity index (χ2v) is 49.3. The van der Waals surface area contributed by atoms with E-state index in [2.05, 4.69) is 96.9 Å². The first kappa shape index (κ1) is 159. The Hall–Kier alpha value is -3.71. The number of carbonyl (C=O) groups is 7. The van der Waals surface area contributed by atoms with Crippen LogP contribution in [0.1, 0.15) is 653 Å². The van der Waals surface area contributed by atoms with Gasteiger partial charge >= 0.3 is 41.8 Å². The highest BCUT2D eigenvalue weighted by Gasteiger charge is 2.69. The highest BCUT2D eigenvalue weighted by atomic mass is 16.6. The summed E-state index contributed by atoms with van der Waals surface area (Å²) in [7, 11) is 0. The van der Waals surface area contributed by atoms with Crippen molar-refractivity contribution in [3.8, 4) is 0 Å². The van der Waals surface area contributed by atoms with Crippen LogP contribution in [0.4, 0.5) is 0 Å². The second-order valence-electron chi connectivity index (χ2n) is 49.3. The van der Waals surface area contributed by atoms with Gasteiger partial charge < -0.3 is 33.2 Å². The number of esters is 7. The molecule has 10 aliphatic rings. The van der Waals surface area contributed by atoms with Crippen LogP contribution in [0, 0.1) is 84.2 Å². The Bertz CT molecular complexity index is 3210. The summed E-state index contributed by atoms with van der Waals surface area (Å²) in [5.74, 6) is 3.67. The van der Waals surface area contributed by atoms with Gasteiger partial charge in [0.15, 0.2) is 0 Å². The summed E-state index contributed by atoms with van der Waals surface area (Å²) in [6.07, 6.45) is 59.9. The number of fused-ring (bicyclic) bond motifs is 4. The Balaban J connectivity index is -0.000000152. The molecular formula is C126H260O14. The molecule has 0 aromatic carbocycles. The monoisotopic (exact) mass is 2000 g/mol. The van der Waals surface area contributed by atoms with Crippen LogP contribution in [0.2, 0.25) is 0 Å². The van der Waals surface area contributed by atoms with Crippen LogP contribution in [0.25, 0.3) is 0 Å². The number of ether oxygens (including phenoxy) is 7. The fourth-order valence-electron chi connectivity index (χ4n) is 21.1. The Morgan fingerprint density at radius 3 is 0.714 bits per heavy atom. The molecule has 0 radical (unpaired) electrons. The number of hydrogen-bond donors (Lipinski definition) is 0. The van der Waals surface area contributed by atoms with Crippen LogP contribution >= 0.6 is 0 Å². The molecule has 14 nitrogen and oxygen atoms in total. The van der Waals surface area contributed by atoms with Crippen molar-refractivity contribution in [2.75, 3.05) is 0 Å². The van der Waals surface area contributed by atoms with E-state index in [0.717, 1.165) is 102 Å². The summed E-state index contributed by atoms with van der Waals surface area (Å²) >= 11 is 0. The molecule has 6 unspecified atom stereocenters. The molecule has 0 aliphatic heterocycles. The molecule has 14 heteroatoms. The van der Waals surface area contributed by atoms with Crippen molar-refractivity contribution in [2.45, 2.75) is 692 Å². The van der Waals surface area contributed by atoms with E-state index in [4.69, 9.17) is 33.2 Å². The molecule has 10 fully saturated rings. The lowest BCUT2D eigenvalue weighted by Gasteiger charge is -2.47. The summed E-state index contributed by atoms with van der Waals surface area (Å²) in [4.78, 5) is 86.0. The topological polar surface area (TPSA) is 184 Å². The van der Waals surface area contributed by atoms with Gasteiger partial charge in [-0.25, -0.2) is 0 Å². The average Bonchev–Trinajstić information content (AvgIpc) is 1.53. The van der Waals surface area contributed by atoms with E-state index in [1.54, 1.807) is 0 Å². The van der Waals surface area contributed by atoms with Gasteiger partial charge in [-0.05, 0) is 399 Å². The molecule has 6 atom stereocenters. The Kier molecular flexibility index (Phi) is 77.3. The highest BCUT2D eigenvalue weighted by Crippen LogP contribution is 2.71. The molecule has 0 saturated heterocycles. The molecule has 0 spiro atoms. The Morgan fingerprint density at radius 2 is 0.479 bits per heavy atom. The third-order valence-electron chi connectivity index (χ3n) is 35.6. The lowest BCUT2D eigenvalue weighted by atomic mass is 9.65. The molecule has 10 aliphatic carbocycles. The third kappa shape index (κ3) is 45.8. The maximum absolute atomic E-state index is 12.8. The van der Waals surface area contributed by atoms with E-state index >= 15 is 0 Å². The van der Waals surface area contributed by atoms with Gasteiger partial charge in [-0.3, -0.25) is 33.6 Å². The summed E-state index contributed by atoms with van der Waals surface area (Å²) in [6.45, 7) is 66.2. The Morgan fingerprint density at radius 1 is 0.243 bits per heavy atom. The van der Waals surface area contributed by atoms with Crippen LogP contribution in [0.3, 0.4) is 0 Å². The van der Waals surface area contributed by atoms with Gasteiger partial charge in [-0.1, -0.05) is 295 Å². The predicted molar refractivity (Wildman–Crippen MR) is 616 cm³/mol. The zero-order valence-electron chi connectivity index (χ0n) is 88.7. The maximum atomic E-state index is 12.8. The minimum absolute atomic E-state index is 0. The van der Waals surface area contributed by atoms with E-state index in [9.17, 15) is 33.6 Å². The van der Waals surface area contributed by atoms with Crippen molar-refractivity contribution in [1.29, 1.82) is 0 Å².